The first-order valence-electron chi connectivity index (χ1n) is 4.17. The molecule has 1 aromatic carbocycles. The first-order valence-corrected chi connectivity index (χ1v) is 4.17. The molecule has 74 valence electrons. The number of nitriles is 1. The quantitative estimate of drug-likeness (QED) is 0.733. The second kappa shape index (κ2) is 4.61. The van der Waals surface area contributed by atoms with Crippen molar-refractivity contribution in [3.63, 3.8) is 0 Å². The Morgan fingerprint density at radius 3 is 2.86 bits per heavy atom. The fourth-order valence-corrected chi connectivity index (χ4v) is 1.19. The molecule has 1 atom stereocenters. The number of aliphatic hydroxyl groups is 1. The van der Waals surface area contributed by atoms with E-state index in [9.17, 15) is 0 Å². The minimum Gasteiger partial charge on any atom is -0.496 e. The predicted molar refractivity (Wildman–Crippen MR) is 51.7 cm³/mol. The molecule has 0 saturated carbocycles. The lowest BCUT2D eigenvalue weighted by Crippen LogP contribution is -2.15. The van der Waals surface area contributed by atoms with Crippen LogP contribution in [0.4, 0.5) is 0 Å². The lowest BCUT2D eigenvalue weighted by atomic mass is 10.0. The van der Waals surface area contributed by atoms with Crippen molar-refractivity contribution in [2.75, 3.05) is 13.7 Å². The zero-order valence-electron chi connectivity index (χ0n) is 7.90. The molecule has 1 rings (SSSR count). The number of hydrogen-bond acceptors (Lipinski definition) is 4. The molecule has 0 heterocycles. The number of aliphatic hydroxyl groups excluding tert-OH is 1. The molecule has 0 bridgehead atoms. The maximum absolute atomic E-state index is 8.91. The van der Waals surface area contributed by atoms with Crippen molar-refractivity contribution >= 4 is 0 Å². The summed E-state index contributed by atoms with van der Waals surface area (Å²) < 4.78 is 5.07. The maximum atomic E-state index is 8.91. The second-order valence-electron chi connectivity index (χ2n) is 2.86. The molecule has 1 aromatic rings. The highest BCUT2D eigenvalue weighted by molar-refractivity contribution is 5.43. The summed E-state index contributed by atoms with van der Waals surface area (Å²) in [5.74, 6) is 0.588. The van der Waals surface area contributed by atoms with Crippen LogP contribution in [0.25, 0.3) is 0 Å². The lowest BCUT2D eigenvalue weighted by Gasteiger charge is -2.13. The van der Waals surface area contributed by atoms with Crippen molar-refractivity contribution in [2.45, 2.75) is 6.04 Å². The summed E-state index contributed by atoms with van der Waals surface area (Å²) in [6.07, 6.45) is 0. The average molecular weight is 192 g/mol. The Hall–Kier alpha value is -1.57. The van der Waals surface area contributed by atoms with E-state index in [0.717, 1.165) is 0 Å². The van der Waals surface area contributed by atoms with Gasteiger partial charge in [-0.2, -0.15) is 5.26 Å². The van der Waals surface area contributed by atoms with Crippen molar-refractivity contribution in [3.8, 4) is 11.8 Å². The molecule has 4 nitrogen and oxygen atoms in total. The Labute approximate surface area is 82.5 Å². The van der Waals surface area contributed by atoms with Gasteiger partial charge >= 0.3 is 0 Å². The van der Waals surface area contributed by atoms with Crippen LogP contribution in [0.15, 0.2) is 18.2 Å². The fraction of sp³-hybridized carbons (Fsp3) is 0.300. The highest BCUT2D eigenvalue weighted by atomic mass is 16.5. The Morgan fingerprint density at radius 1 is 1.64 bits per heavy atom. The van der Waals surface area contributed by atoms with Crippen molar-refractivity contribution in [1.82, 2.24) is 0 Å². The van der Waals surface area contributed by atoms with E-state index in [2.05, 4.69) is 0 Å². The van der Waals surface area contributed by atoms with E-state index >= 15 is 0 Å². The summed E-state index contributed by atoms with van der Waals surface area (Å²) in [4.78, 5) is 0. The molecule has 0 saturated heterocycles. The van der Waals surface area contributed by atoms with Crippen molar-refractivity contribution in [3.05, 3.63) is 29.3 Å². The largest absolute Gasteiger partial charge is 0.496 e. The average Bonchev–Trinajstić information content (AvgIpc) is 2.27. The minimum atomic E-state index is -0.516. The summed E-state index contributed by atoms with van der Waals surface area (Å²) in [6, 6.07) is 6.43. The van der Waals surface area contributed by atoms with Crippen LogP contribution in [-0.2, 0) is 0 Å². The molecular weight excluding hydrogens is 180 g/mol. The van der Waals surface area contributed by atoms with Gasteiger partial charge in [-0.05, 0) is 18.2 Å². The molecule has 4 heteroatoms. The van der Waals surface area contributed by atoms with Crippen molar-refractivity contribution in [2.24, 2.45) is 5.73 Å². The monoisotopic (exact) mass is 192 g/mol. The van der Waals surface area contributed by atoms with E-state index in [1.807, 2.05) is 6.07 Å². The van der Waals surface area contributed by atoms with Gasteiger partial charge < -0.3 is 15.6 Å². The third-order valence-electron chi connectivity index (χ3n) is 1.95. The highest BCUT2D eigenvalue weighted by Gasteiger charge is 2.11. The van der Waals surface area contributed by atoms with Gasteiger partial charge in [0.1, 0.15) is 5.75 Å². The van der Waals surface area contributed by atoms with E-state index in [1.165, 1.54) is 7.11 Å². The van der Waals surface area contributed by atoms with Crippen LogP contribution < -0.4 is 10.5 Å². The molecule has 0 unspecified atom stereocenters. The smallest absolute Gasteiger partial charge is 0.123 e. The van der Waals surface area contributed by atoms with E-state index in [0.29, 0.717) is 16.9 Å². The number of hydrogen-bond donors (Lipinski definition) is 2. The number of benzene rings is 1. The summed E-state index contributed by atoms with van der Waals surface area (Å²) in [6.45, 7) is -0.175. The van der Waals surface area contributed by atoms with E-state index in [-0.39, 0.29) is 6.61 Å². The molecule has 0 fully saturated rings. The van der Waals surface area contributed by atoms with Gasteiger partial charge in [0.25, 0.3) is 0 Å². The van der Waals surface area contributed by atoms with Gasteiger partial charge in [0.2, 0.25) is 0 Å². The number of methoxy groups -OCH3 is 1. The van der Waals surface area contributed by atoms with Gasteiger partial charge in [0.05, 0.1) is 31.4 Å². The molecule has 0 aliphatic heterocycles. The summed E-state index contributed by atoms with van der Waals surface area (Å²) >= 11 is 0. The van der Waals surface area contributed by atoms with Crippen molar-refractivity contribution in [1.29, 1.82) is 5.26 Å². The molecule has 0 amide bonds. The Balaban J connectivity index is 3.16. The van der Waals surface area contributed by atoms with Crippen LogP contribution in [0.5, 0.6) is 5.75 Å². The van der Waals surface area contributed by atoms with Crippen LogP contribution in [0.3, 0.4) is 0 Å². The van der Waals surface area contributed by atoms with Crippen LogP contribution in [0.1, 0.15) is 17.2 Å². The molecular formula is C10H12N2O2. The number of nitrogens with zero attached hydrogens (tertiary/aromatic N) is 1. The summed E-state index contributed by atoms with van der Waals surface area (Å²) in [5.41, 5.74) is 6.81. The van der Waals surface area contributed by atoms with Gasteiger partial charge in [0, 0.05) is 5.56 Å². The highest BCUT2D eigenvalue weighted by Crippen LogP contribution is 2.24. The summed E-state index contributed by atoms with van der Waals surface area (Å²) in [5, 5.41) is 17.6. The standard InChI is InChI=1S/C10H12N2O2/c1-14-10-3-2-7(5-11)4-8(10)9(12)6-13/h2-4,9,13H,6,12H2,1H3/t9-/m0/s1. The number of ether oxygens (including phenoxy) is 1. The molecule has 3 N–H and O–H groups in total. The van der Waals surface area contributed by atoms with Gasteiger partial charge in [-0.25, -0.2) is 0 Å². The van der Waals surface area contributed by atoms with Crippen molar-refractivity contribution < 1.29 is 9.84 Å². The second-order valence-corrected chi connectivity index (χ2v) is 2.86. The van der Waals surface area contributed by atoms with E-state index < -0.39 is 6.04 Å². The third kappa shape index (κ3) is 2.02. The van der Waals surface area contributed by atoms with Crippen LogP contribution in [-0.4, -0.2) is 18.8 Å². The van der Waals surface area contributed by atoms with Gasteiger partial charge in [-0.3, -0.25) is 0 Å². The lowest BCUT2D eigenvalue weighted by molar-refractivity contribution is 0.264. The van der Waals surface area contributed by atoms with Crippen LogP contribution >= 0.6 is 0 Å². The predicted octanol–water partition coefficient (Wildman–Crippen LogP) is 0.559. The van der Waals surface area contributed by atoms with Crippen LogP contribution in [0.2, 0.25) is 0 Å². The number of rotatable bonds is 3. The normalized spacial score (nSPS) is 11.9. The first-order chi connectivity index (χ1) is 6.72. The minimum absolute atomic E-state index is 0.175. The molecule has 0 aliphatic rings. The molecule has 0 aromatic heterocycles. The van der Waals surface area contributed by atoms with Gasteiger partial charge in [-0.15, -0.1) is 0 Å². The molecule has 0 radical (unpaired) electrons. The van der Waals surface area contributed by atoms with E-state index in [1.54, 1.807) is 18.2 Å². The SMILES string of the molecule is COc1ccc(C#N)cc1[C@@H](N)CO. The van der Waals surface area contributed by atoms with Gasteiger partial charge in [0.15, 0.2) is 0 Å². The first kappa shape index (κ1) is 10.5. The molecule has 14 heavy (non-hydrogen) atoms. The number of nitrogens with two attached hydrogens (primary N) is 1. The maximum Gasteiger partial charge on any atom is 0.123 e. The topological polar surface area (TPSA) is 79.3 Å². The van der Waals surface area contributed by atoms with Gasteiger partial charge in [-0.1, -0.05) is 0 Å². The summed E-state index contributed by atoms with van der Waals surface area (Å²) in [7, 11) is 1.52. The van der Waals surface area contributed by atoms with Crippen LogP contribution in [0, 0.1) is 11.3 Å². The fourth-order valence-electron chi connectivity index (χ4n) is 1.19. The Bertz CT molecular complexity index is 358. The molecule has 0 aliphatic carbocycles. The third-order valence-corrected chi connectivity index (χ3v) is 1.95. The zero-order valence-corrected chi connectivity index (χ0v) is 7.90. The van der Waals surface area contributed by atoms with E-state index in [4.69, 9.17) is 20.8 Å². The Kier molecular flexibility index (Phi) is 3.46. The zero-order chi connectivity index (χ0) is 10.6. The molecule has 0 spiro atoms. The Morgan fingerprint density at radius 2 is 2.36 bits per heavy atom.